The number of para-hydroxylation sites is 1. The van der Waals surface area contributed by atoms with E-state index < -0.39 is 15.8 Å². The van der Waals surface area contributed by atoms with Crippen molar-refractivity contribution in [1.29, 1.82) is 0 Å². The molecular weight excluding hydrogens is 516 g/mol. The highest BCUT2D eigenvalue weighted by atomic mass is 35.5. The Kier molecular flexibility index (Phi) is 8.03. The minimum atomic E-state index is -4.15. The maximum Gasteiger partial charge on any atom is 0.246 e. The summed E-state index contributed by atoms with van der Waals surface area (Å²) in [5, 5.41) is 28.9. The number of aromatic nitrogens is 2. The van der Waals surface area contributed by atoms with Crippen molar-refractivity contribution in [2.24, 2.45) is 0 Å². The molecule has 0 radical (unpaired) electrons. The van der Waals surface area contributed by atoms with Gasteiger partial charge < -0.3 is 20.3 Å². The number of aromatic hydroxyl groups is 2. The van der Waals surface area contributed by atoms with Crippen molar-refractivity contribution in [1.82, 2.24) is 19.4 Å². The van der Waals surface area contributed by atoms with Gasteiger partial charge in [-0.15, -0.1) is 0 Å². The van der Waals surface area contributed by atoms with E-state index >= 15 is 0 Å². The number of halogens is 1. The molecule has 0 bridgehead atoms. The normalized spacial score (nSPS) is 11.7. The lowest BCUT2D eigenvalue weighted by molar-refractivity contribution is 0.317. The van der Waals surface area contributed by atoms with Crippen LogP contribution >= 0.6 is 11.6 Å². The van der Waals surface area contributed by atoms with E-state index in [0.717, 1.165) is 10.4 Å². The van der Waals surface area contributed by atoms with Crippen molar-refractivity contribution in [3.63, 3.8) is 0 Å². The molecule has 0 atom stereocenters. The van der Waals surface area contributed by atoms with Gasteiger partial charge in [-0.05, 0) is 49.0 Å². The van der Waals surface area contributed by atoms with Gasteiger partial charge in [-0.3, -0.25) is 0 Å². The number of sulfonamides is 1. The molecule has 0 saturated carbocycles. The Balaban J connectivity index is 1.66. The highest BCUT2D eigenvalue weighted by Crippen LogP contribution is 2.39. The molecule has 11 heteroatoms. The first-order chi connectivity index (χ1) is 17.7. The van der Waals surface area contributed by atoms with Gasteiger partial charge in [-0.25, -0.2) is 13.1 Å². The molecule has 37 heavy (non-hydrogen) atoms. The molecule has 0 aliphatic carbocycles. The maximum atomic E-state index is 13.5. The van der Waals surface area contributed by atoms with E-state index in [1.54, 1.807) is 54.6 Å². The lowest BCUT2D eigenvalue weighted by Crippen LogP contribution is -2.26. The summed E-state index contributed by atoms with van der Waals surface area (Å²) >= 11 is 6.33. The van der Waals surface area contributed by atoms with Crippen LogP contribution in [0.25, 0.3) is 16.9 Å². The van der Waals surface area contributed by atoms with Crippen molar-refractivity contribution in [3.05, 3.63) is 83.5 Å². The van der Waals surface area contributed by atoms with Crippen LogP contribution < -0.4 is 10.1 Å². The maximum absolute atomic E-state index is 13.5. The molecule has 3 aromatic carbocycles. The predicted molar refractivity (Wildman–Crippen MR) is 142 cm³/mol. The number of ether oxygens (including phenoxy) is 1. The van der Waals surface area contributed by atoms with Crippen LogP contribution in [0.5, 0.6) is 17.2 Å². The van der Waals surface area contributed by atoms with Gasteiger partial charge in [-0.2, -0.15) is 9.40 Å². The van der Waals surface area contributed by atoms with Gasteiger partial charge in [0.15, 0.2) is 0 Å². The van der Waals surface area contributed by atoms with E-state index in [9.17, 15) is 18.6 Å². The molecule has 0 unspecified atom stereocenters. The van der Waals surface area contributed by atoms with Crippen LogP contribution in [-0.2, 0) is 16.6 Å². The number of rotatable bonds is 10. The molecular formula is C26H27ClN4O5S. The van der Waals surface area contributed by atoms with Gasteiger partial charge in [0.2, 0.25) is 10.0 Å². The van der Waals surface area contributed by atoms with E-state index in [1.807, 2.05) is 7.05 Å². The van der Waals surface area contributed by atoms with Gasteiger partial charge in [-0.1, -0.05) is 35.9 Å². The van der Waals surface area contributed by atoms with Crippen molar-refractivity contribution in [3.8, 4) is 34.2 Å². The van der Waals surface area contributed by atoms with E-state index in [0.29, 0.717) is 40.9 Å². The second kappa shape index (κ2) is 11.2. The SMILES string of the molecule is CNCCOc1cccc(CN(C)S(=O)(=O)c2cc(-c3ccnn3-c3ccccc3Cl)c(O)cc2O)c1. The minimum absolute atomic E-state index is 0.0404. The lowest BCUT2D eigenvalue weighted by atomic mass is 10.1. The Hall–Kier alpha value is -3.57. The Morgan fingerprint density at radius 2 is 1.84 bits per heavy atom. The van der Waals surface area contributed by atoms with E-state index in [1.165, 1.54) is 24.0 Å². The smallest absolute Gasteiger partial charge is 0.246 e. The number of nitrogens with zero attached hydrogens (tertiary/aromatic N) is 3. The fourth-order valence-corrected chi connectivity index (χ4v) is 5.27. The zero-order chi connectivity index (χ0) is 26.6. The second-order valence-electron chi connectivity index (χ2n) is 8.28. The van der Waals surface area contributed by atoms with Gasteiger partial charge in [0.05, 0.1) is 22.6 Å². The minimum Gasteiger partial charge on any atom is -0.507 e. The quantitative estimate of drug-likeness (QED) is 0.259. The van der Waals surface area contributed by atoms with Gasteiger partial charge in [0.25, 0.3) is 0 Å². The summed E-state index contributed by atoms with van der Waals surface area (Å²) in [4.78, 5) is -0.351. The van der Waals surface area contributed by atoms with Crippen LogP contribution in [0.3, 0.4) is 0 Å². The van der Waals surface area contributed by atoms with Crippen molar-refractivity contribution < 1.29 is 23.4 Å². The van der Waals surface area contributed by atoms with E-state index in [4.69, 9.17) is 16.3 Å². The number of hydrogen-bond acceptors (Lipinski definition) is 7. The molecule has 0 spiro atoms. The topological polar surface area (TPSA) is 117 Å². The van der Waals surface area contributed by atoms with E-state index in [2.05, 4.69) is 10.4 Å². The van der Waals surface area contributed by atoms with Gasteiger partial charge >= 0.3 is 0 Å². The van der Waals surface area contributed by atoms with Crippen LogP contribution in [0.2, 0.25) is 5.02 Å². The average Bonchev–Trinajstić information content (AvgIpc) is 3.34. The van der Waals surface area contributed by atoms with Crippen molar-refractivity contribution in [2.45, 2.75) is 11.4 Å². The third-order valence-electron chi connectivity index (χ3n) is 5.69. The summed E-state index contributed by atoms with van der Waals surface area (Å²) in [6, 6.07) is 18.0. The summed E-state index contributed by atoms with van der Waals surface area (Å²) in [6.45, 7) is 1.19. The summed E-state index contributed by atoms with van der Waals surface area (Å²) in [6.07, 6.45) is 1.51. The summed E-state index contributed by atoms with van der Waals surface area (Å²) in [7, 11) is -0.904. The standard InChI is InChI=1S/C26H27ClN4O5S/c1-28-12-13-36-19-7-5-6-18(14-19)17-30(2)37(34,35)26-15-20(24(32)16-25(26)33)22-10-11-29-31(22)23-9-4-3-8-21(23)27/h3-11,14-16,28,32-33H,12-13,17H2,1-2H3. The van der Waals surface area contributed by atoms with Crippen LogP contribution in [0.15, 0.2) is 77.8 Å². The molecule has 0 amide bonds. The molecule has 0 aliphatic rings. The van der Waals surface area contributed by atoms with Crippen molar-refractivity contribution in [2.75, 3.05) is 27.2 Å². The zero-order valence-corrected chi connectivity index (χ0v) is 21.9. The first-order valence-corrected chi connectivity index (χ1v) is 13.2. The Morgan fingerprint density at radius 1 is 1.05 bits per heavy atom. The molecule has 1 aromatic heterocycles. The highest BCUT2D eigenvalue weighted by molar-refractivity contribution is 7.89. The number of benzene rings is 3. The zero-order valence-electron chi connectivity index (χ0n) is 20.3. The summed E-state index contributed by atoms with van der Waals surface area (Å²) < 4.78 is 35.3. The molecule has 4 rings (SSSR count). The largest absolute Gasteiger partial charge is 0.507 e. The number of phenols is 2. The molecule has 1 heterocycles. The highest BCUT2D eigenvalue weighted by Gasteiger charge is 2.27. The number of likely N-dealkylation sites (N-methyl/N-ethyl adjacent to an activating group) is 1. The fraction of sp³-hybridized carbons (Fsp3) is 0.192. The summed E-state index contributed by atoms with van der Waals surface area (Å²) in [5.74, 6) is -0.249. The Morgan fingerprint density at radius 3 is 2.59 bits per heavy atom. The number of nitrogens with one attached hydrogen (secondary N) is 1. The third-order valence-corrected chi connectivity index (χ3v) is 7.84. The molecule has 0 fully saturated rings. The van der Waals surface area contributed by atoms with Crippen LogP contribution in [0.1, 0.15) is 5.56 Å². The van der Waals surface area contributed by atoms with Gasteiger partial charge in [0, 0.05) is 31.8 Å². The van der Waals surface area contributed by atoms with Crippen molar-refractivity contribution >= 4 is 21.6 Å². The van der Waals surface area contributed by atoms with Crippen LogP contribution in [0, 0.1) is 0 Å². The van der Waals surface area contributed by atoms with E-state index in [-0.39, 0.29) is 22.8 Å². The number of phenolic OH excluding ortho intramolecular Hbond substituents is 2. The first-order valence-electron chi connectivity index (χ1n) is 11.4. The number of hydrogen-bond donors (Lipinski definition) is 3. The molecule has 9 nitrogen and oxygen atoms in total. The Labute approximate surface area is 220 Å². The van der Waals surface area contributed by atoms with Crippen LogP contribution in [0.4, 0.5) is 0 Å². The lowest BCUT2D eigenvalue weighted by Gasteiger charge is -2.20. The second-order valence-corrected chi connectivity index (χ2v) is 10.7. The van der Waals surface area contributed by atoms with Gasteiger partial charge in [0.1, 0.15) is 28.8 Å². The monoisotopic (exact) mass is 542 g/mol. The third kappa shape index (κ3) is 5.72. The molecule has 0 aliphatic heterocycles. The average molecular weight is 543 g/mol. The molecule has 0 saturated heterocycles. The fourth-order valence-electron chi connectivity index (χ4n) is 3.81. The Bertz CT molecular complexity index is 1510. The van der Waals surface area contributed by atoms with Crippen LogP contribution in [-0.4, -0.2) is 60.0 Å². The molecule has 4 aromatic rings. The summed E-state index contributed by atoms with van der Waals surface area (Å²) in [5.41, 5.74) is 1.83. The first kappa shape index (κ1) is 26.5. The predicted octanol–water partition coefficient (Wildman–Crippen LogP) is 4.02. The molecule has 194 valence electrons. The molecule has 3 N–H and O–H groups in total.